The Labute approximate surface area is 130 Å². The summed E-state index contributed by atoms with van der Waals surface area (Å²) in [5.74, 6) is -1.07. The molecule has 1 N–H and O–H groups in total. The van der Waals surface area contributed by atoms with Gasteiger partial charge in [-0.2, -0.15) is 0 Å². The Morgan fingerprint density at radius 2 is 1.90 bits per heavy atom. The zero-order valence-electron chi connectivity index (χ0n) is 10.9. The standard InChI is InChI=1S/C13H10Cl2N2O4/c1-7-2-12(21-17-7)16-11(18)6-20-13(19)8-3-9(14)5-10(15)4-8/h2-5H,6H2,1H3,(H,16,18). The van der Waals surface area contributed by atoms with Gasteiger partial charge in [0.2, 0.25) is 5.88 Å². The molecule has 0 bridgehead atoms. The molecule has 1 heterocycles. The van der Waals surface area contributed by atoms with E-state index in [9.17, 15) is 9.59 Å². The van der Waals surface area contributed by atoms with E-state index in [1.54, 1.807) is 6.92 Å². The van der Waals surface area contributed by atoms with Crippen LogP contribution in [0.2, 0.25) is 10.0 Å². The third kappa shape index (κ3) is 4.47. The minimum atomic E-state index is -0.705. The number of ether oxygens (including phenoxy) is 1. The molecule has 1 aromatic heterocycles. The van der Waals surface area contributed by atoms with Gasteiger partial charge in [0.05, 0.1) is 11.3 Å². The molecule has 110 valence electrons. The van der Waals surface area contributed by atoms with E-state index in [-0.39, 0.29) is 11.4 Å². The number of halogens is 2. The summed E-state index contributed by atoms with van der Waals surface area (Å²) in [5.41, 5.74) is 0.784. The topological polar surface area (TPSA) is 81.4 Å². The summed E-state index contributed by atoms with van der Waals surface area (Å²) >= 11 is 11.6. The van der Waals surface area contributed by atoms with Gasteiger partial charge in [-0.05, 0) is 25.1 Å². The van der Waals surface area contributed by atoms with Gasteiger partial charge in [0, 0.05) is 16.1 Å². The van der Waals surface area contributed by atoms with E-state index < -0.39 is 18.5 Å². The number of benzene rings is 1. The van der Waals surface area contributed by atoms with E-state index in [0.717, 1.165) is 0 Å². The molecule has 2 rings (SSSR count). The monoisotopic (exact) mass is 328 g/mol. The van der Waals surface area contributed by atoms with Crippen molar-refractivity contribution in [3.05, 3.63) is 45.6 Å². The summed E-state index contributed by atoms with van der Waals surface area (Å²) in [6.07, 6.45) is 0. The van der Waals surface area contributed by atoms with E-state index in [0.29, 0.717) is 15.7 Å². The highest BCUT2D eigenvalue weighted by Gasteiger charge is 2.13. The van der Waals surface area contributed by atoms with Crippen molar-refractivity contribution < 1.29 is 18.8 Å². The van der Waals surface area contributed by atoms with Gasteiger partial charge < -0.3 is 9.26 Å². The van der Waals surface area contributed by atoms with E-state index in [2.05, 4.69) is 10.5 Å². The minimum Gasteiger partial charge on any atom is -0.452 e. The third-order valence-electron chi connectivity index (χ3n) is 2.32. The number of aryl methyl sites for hydroxylation is 1. The number of carbonyl (C=O) groups is 2. The molecule has 0 radical (unpaired) electrons. The fourth-order valence-electron chi connectivity index (χ4n) is 1.48. The number of rotatable bonds is 4. The zero-order valence-corrected chi connectivity index (χ0v) is 12.4. The van der Waals surface area contributed by atoms with Crippen molar-refractivity contribution in [3.63, 3.8) is 0 Å². The lowest BCUT2D eigenvalue weighted by atomic mass is 10.2. The van der Waals surface area contributed by atoms with E-state index in [4.69, 9.17) is 32.5 Å². The highest BCUT2D eigenvalue weighted by molar-refractivity contribution is 6.35. The summed E-state index contributed by atoms with van der Waals surface area (Å²) in [6.45, 7) is 1.24. The SMILES string of the molecule is Cc1cc(NC(=O)COC(=O)c2cc(Cl)cc(Cl)c2)on1. The first kappa shape index (κ1) is 15.3. The Morgan fingerprint density at radius 3 is 2.48 bits per heavy atom. The van der Waals surface area contributed by atoms with Crippen LogP contribution in [0.3, 0.4) is 0 Å². The van der Waals surface area contributed by atoms with Gasteiger partial charge in [0.15, 0.2) is 6.61 Å². The molecule has 2 aromatic rings. The van der Waals surface area contributed by atoms with E-state index in [1.165, 1.54) is 24.3 Å². The molecular formula is C13H10Cl2N2O4. The number of hydrogen-bond acceptors (Lipinski definition) is 5. The molecule has 21 heavy (non-hydrogen) atoms. The molecule has 0 unspecified atom stereocenters. The summed E-state index contributed by atoms with van der Waals surface area (Å²) in [4.78, 5) is 23.3. The van der Waals surface area contributed by atoms with Crippen LogP contribution in [0.5, 0.6) is 0 Å². The molecule has 0 aliphatic rings. The predicted molar refractivity (Wildman–Crippen MR) is 76.6 cm³/mol. The van der Waals surface area contributed by atoms with Gasteiger partial charge in [0.25, 0.3) is 5.91 Å². The zero-order chi connectivity index (χ0) is 15.4. The average Bonchev–Trinajstić information content (AvgIpc) is 2.80. The fraction of sp³-hybridized carbons (Fsp3) is 0.154. The fourth-order valence-corrected chi connectivity index (χ4v) is 2.01. The average molecular weight is 329 g/mol. The molecule has 0 saturated carbocycles. The van der Waals surface area contributed by atoms with Gasteiger partial charge in [-0.25, -0.2) is 4.79 Å². The lowest BCUT2D eigenvalue weighted by molar-refractivity contribution is -0.119. The quantitative estimate of drug-likeness (QED) is 0.872. The predicted octanol–water partition coefficient (Wildman–Crippen LogP) is 3.09. The van der Waals surface area contributed by atoms with Crippen molar-refractivity contribution in [2.24, 2.45) is 0 Å². The molecule has 0 aliphatic heterocycles. The van der Waals surface area contributed by atoms with Crippen LogP contribution in [-0.2, 0) is 9.53 Å². The second kappa shape index (κ2) is 6.60. The number of anilines is 1. The highest BCUT2D eigenvalue weighted by Crippen LogP contribution is 2.19. The van der Waals surface area contributed by atoms with Crippen LogP contribution >= 0.6 is 23.2 Å². The number of carbonyl (C=O) groups excluding carboxylic acids is 2. The first-order valence-electron chi connectivity index (χ1n) is 5.80. The van der Waals surface area contributed by atoms with Gasteiger partial charge in [-0.15, -0.1) is 0 Å². The molecule has 1 aromatic carbocycles. The molecule has 0 aliphatic carbocycles. The second-order valence-corrected chi connectivity index (χ2v) is 4.99. The number of nitrogens with one attached hydrogen (secondary N) is 1. The lowest BCUT2D eigenvalue weighted by Gasteiger charge is -2.05. The normalized spacial score (nSPS) is 10.2. The largest absolute Gasteiger partial charge is 0.452 e. The van der Waals surface area contributed by atoms with Crippen LogP contribution in [0.25, 0.3) is 0 Å². The van der Waals surface area contributed by atoms with Crippen molar-refractivity contribution in [1.29, 1.82) is 0 Å². The molecular weight excluding hydrogens is 319 g/mol. The molecule has 0 fully saturated rings. The van der Waals surface area contributed by atoms with Crippen LogP contribution in [0, 0.1) is 6.92 Å². The summed E-state index contributed by atoms with van der Waals surface area (Å²) in [6, 6.07) is 5.82. The smallest absolute Gasteiger partial charge is 0.338 e. The molecule has 8 heteroatoms. The van der Waals surface area contributed by atoms with Crippen LogP contribution in [0.1, 0.15) is 16.1 Å². The second-order valence-electron chi connectivity index (χ2n) is 4.11. The van der Waals surface area contributed by atoms with Gasteiger partial charge >= 0.3 is 5.97 Å². The first-order valence-corrected chi connectivity index (χ1v) is 6.56. The number of amides is 1. The Kier molecular flexibility index (Phi) is 4.82. The molecule has 1 amide bonds. The first-order chi connectivity index (χ1) is 9.94. The maximum absolute atomic E-state index is 11.8. The third-order valence-corrected chi connectivity index (χ3v) is 2.76. The van der Waals surface area contributed by atoms with Crippen LogP contribution in [0.15, 0.2) is 28.8 Å². The van der Waals surface area contributed by atoms with Gasteiger partial charge in [-0.1, -0.05) is 28.4 Å². The number of aromatic nitrogens is 1. The Morgan fingerprint density at radius 1 is 1.24 bits per heavy atom. The maximum Gasteiger partial charge on any atom is 0.338 e. The van der Waals surface area contributed by atoms with Crippen molar-refractivity contribution in [1.82, 2.24) is 5.16 Å². The Bertz CT molecular complexity index is 664. The highest BCUT2D eigenvalue weighted by atomic mass is 35.5. The minimum absolute atomic E-state index is 0.163. The molecule has 0 saturated heterocycles. The Balaban J connectivity index is 1.90. The van der Waals surface area contributed by atoms with Crippen molar-refractivity contribution in [2.45, 2.75) is 6.92 Å². The summed E-state index contributed by atoms with van der Waals surface area (Å²) in [5, 5.41) is 6.60. The summed E-state index contributed by atoms with van der Waals surface area (Å²) in [7, 11) is 0. The molecule has 0 atom stereocenters. The Hall–Kier alpha value is -2.05. The molecule has 6 nitrogen and oxygen atoms in total. The van der Waals surface area contributed by atoms with Crippen LogP contribution in [-0.4, -0.2) is 23.6 Å². The van der Waals surface area contributed by atoms with Gasteiger partial charge in [0.1, 0.15) is 0 Å². The van der Waals surface area contributed by atoms with Crippen LogP contribution < -0.4 is 5.32 Å². The lowest BCUT2D eigenvalue weighted by Crippen LogP contribution is -2.20. The maximum atomic E-state index is 11.8. The van der Waals surface area contributed by atoms with E-state index >= 15 is 0 Å². The van der Waals surface area contributed by atoms with Crippen molar-refractivity contribution in [2.75, 3.05) is 11.9 Å². The number of nitrogens with zero attached hydrogens (tertiary/aromatic N) is 1. The van der Waals surface area contributed by atoms with Gasteiger partial charge in [-0.3, -0.25) is 10.1 Å². The van der Waals surface area contributed by atoms with E-state index in [1.807, 2.05) is 0 Å². The summed E-state index contributed by atoms with van der Waals surface area (Å²) < 4.78 is 9.65. The molecule has 0 spiro atoms. The van der Waals surface area contributed by atoms with Crippen molar-refractivity contribution >= 4 is 41.0 Å². The van der Waals surface area contributed by atoms with Crippen LogP contribution in [0.4, 0.5) is 5.88 Å². The van der Waals surface area contributed by atoms with Crippen molar-refractivity contribution in [3.8, 4) is 0 Å². The number of hydrogen-bond donors (Lipinski definition) is 1. The number of esters is 1.